The number of aromatic nitrogens is 1. The Kier molecular flexibility index (Phi) is 6.35. The summed E-state index contributed by atoms with van der Waals surface area (Å²) in [4.78, 5) is 20.1. The molecule has 0 saturated carbocycles. The largest absolute Gasteiger partial charge is 0.283 e. The van der Waals surface area contributed by atoms with E-state index >= 15 is 0 Å². The molecular weight excluding hydrogens is 454 g/mol. The van der Waals surface area contributed by atoms with Gasteiger partial charge in [-0.3, -0.25) is 9.69 Å². The van der Waals surface area contributed by atoms with Gasteiger partial charge in [-0.2, -0.15) is 0 Å². The van der Waals surface area contributed by atoms with Crippen molar-refractivity contribution in [2.45, 2.75) is 26.3 Å². The summed E-state index contributed by atoms with van der Waals surface area (Å²) < 4.78 is 26.5. The summed E-state index contributed by atoms with van der Waals surface area (Å²) in [5.74, 6) is -0.496. The fraction of sp³-hybridized carbons (Fsp3) is 0.364. The first-order valence-electron chi connectivity index (χ1n) is 10.1. The number of benzene rings is 2. The van der Waals surface area contributed by atoms with Gasteiger partial charge in [-0.05, 0) is 43.0 Å². The first-order valence-corrected chi connectivity index (χ1v) is 13.1. The van der Waals surface area contributed by atoms with E-state index in [4.69, 9.17) is 16.6 Å². The number of amides is 1. The smallest absolute Gasteiger partial charge is 0.233 e. The van der Waals surface area contributed by atoms with Crippen LogP contribution in [0.4, 0.5) is 5.13 Å². The number of sulfonamides is 1. The zero-order valence-electron chi connectivity index (χ0n) is 17.4. The number of carbonyl (C=O) groups is 1. The first-order chi connectivity index (χ1) is 14.7. The van der Waals surface area contributed by atoms with Crippen molar-refractivity contribution < 1.29 is 13.2 Å². The number of nitrogens with zero attached hydrogens (tertiary/aromatic N) is 3. The zero-order valence-corrected chi connectivity index (χ0v) is 19.8. The molecule has 1 atom stereocenters. The normalized spacial score (nSPS) is 17.7. The third kappa shape index (κ3) is 4.77. The second-order valence-electron chi connectivity index (χ2n) is 7.89. The van der Waals surface area contributed by atoms with Crippen LogP contribution in [0, 0.1) is 12.8 Å². The highest BCUT2D eigenvalue weighted by atomic mass is 35.5. The van der Waals surface area contributed by atoms with Gasteiger partial charge in [-0.1, -0.05) is 53.3 Å². The van der Waals surface area contributed by atoms with Crippen molar-refractivity contribution in [2.75, 3.05) is 24.2 Å². The summed E-state index contributed by atoms with van der Waals surface area (Å²) in [7, 11) is -3.34. The Bertz CT molecular complexity index is 1210. The van der Waals surface area contributed by atoms with Crippen LogP contribution in [0.5, 0.6) is 0 Å². The maximum atomic E-state index is 13.6. The zero-order chi connectivity index (χ0) is 22.2. The standard InChI is InChI=1S/C22H24ClN3O3S2/c1-15-18(23)10-11-19-20(15)24-22(30-19)26(13-16-7-4-3-5-8-16)21(27)17-9-6-12-25(14-17)31(2,28)29/h3-5,7-8,10-11,17H,6,9,12-14H2,1-2H3. The van der Waals surface area contributed by atoms with Gasteiger partial charge >= 0.3 is 0 Å². The predicted molar refractivity (Wildman–Crippen MR) is 126 cm³/mol. The molecule has 9 heteroatoms. The van der Waals surface area contributed by atoms with Crippen LogP contribution in [0.3, 0.4) is 0 Å². The number of thiazole rings is 1. The molecule has 1 aliphatic rings. The Morgan fingerprint density at radius 1 is 1.26 bits per heavy atom. The molecule has 0 radical (unpaired) electrons. The summed E-state index contributed by atoms with van der Waals surface area (Å²) in [6.45, 7) is 2.96. The summed E-state index contributed by atoms with van der Waals surface area (Å²) in [5, 5.41) is 1.24. The maximum Gasteiger partial charge on any atom is 0.233 e. The molecule has 1 amide bonds. The molecule has 1 saturated heterocycles. The van der Waals surface area contributed by atoms with Crippen LogP contribution in [0.25, 0.3) is 10.2 Å². The van der Waals surface area contributed by atoms with Gasteiger partial charge in [0.15, 0.2) is 5.13 Å². The second kappa shape index (κ2) is 8.86. The van der Waals surface area contributed by atoms with E-state index in [1.54, 1.807) is 4.90 Å². The van der Waals surface area contributed by atoms with Crippen LogP contribution >= 0.6 is 22.9 Å². The molecule has 0 bridgehead atoms. The molecule has 6 nitrogen and oxygen atoms in total. The van der Waals surface area contributed by atoms with Gasteiger partial charge < -0.3 is 0 Å². The van der Waals surface area contributed by atoms with E-state index in [9.17, 15) is 13.2 Å². The number of aryl methyl sites for hydroxylation is 1. The lowest BCUT2D eigenvalue weighted by Gasteiger charge is -2.33. The van der Waals surface area contributed by atoms with Crippen molar-refractivity contribution in [3.63, 3.8) is 0 Å². The minimum atomic E-state index is -3.34. The highest BCUT2D eigenvalue weighted by molar-refractivity contribution is 7.88. The first kappa shape index (κ1) is 22.2. The molecule has 0 aliphatic carbocycles. The third-order valence-electron chi connectivity index (χ3n) is 5.62. The summed E-state index contributed by atoms with van der Waals surface area (Å²) in [5.41, 5.74) is 2.66. The second-order valence-corrected chi connectivity index (χ2v) is 11.3. The number of hydrogen-bond donors (Lipinski definition) is 0. The summed E-state index contributed by atoms with van der Waals surface area (Å²) in [6.07, 6.45) is 2.52. The fourth-order valence-electron chi connectivity index (χ4n) is 3.88. The van der Waals surface area contributed by atoms with Gasteiger partial charge in [0.25, 0.3) is 0 Å². The lowest BCUT2D eigenvalue weighted by molar-refractivity contribution is -0.123. The molecule has 4 rings (SSSR count). The molecule has 2 aromatic carbocycles. The van der Waals surface area contributed by atoms with Gasteiger partial charge in [0, 0.05) is 18.1 Å². The maximum absolute atomic E-state index is 13.6. The molecule has 3 aromatic rings. The summed E-state index contributed by atoms with van der Waals surface area (Å²) >= 11 is 7.72. The van der Waals surface area contributed by atoms with Crippen LogP contribution in [0.2, 0.25) is 5.02 Å². The Morgan fingerprint density at radius 3 is 2.71 bits per heavy atom. The lowest BCUT2D eigenvalue weighted by Crippen LogP contribution is -2.46. The molecular formula is C22H24ClN3O3S2. The van der Waals surface area contributed by atoms with Crippen molar-refractivity contribution in [1.29, 1.82) is 0 Å². The third-order valence-corrected chi connectivity index (χ3v) is 8.34. The van der Waals surface area contributed by atoms with Crippen molar-refractivity contribution in [3.05, 3.63) is 58.6 Å². The molecule has 1 aliphatic heterocycles. The molecule has 31 heavy (non-hydrogen) atoms. The SMILES string of the molecule is Cc1c(Cl)ccc2sc(N(Cc3ccccc3)C(=O)C3CCCN(S(C)(=O)=O)C3)nc12. The van der Waals surface area contributed by atoms with Gasteiger partial charge in [-0.25, -0.2) is 17.7 Å². The van der Waals surface area contributed by atoms with E-state index in [0.717, 1.165) is 21.3 Å². The Morgan fingerprint density at radius 2 is 2.00 bits per heavy atom. The van der Waals surface area contributed by atoms with Crippen LogP contribution in [-0.2, 0) is 21.4 Å². The van der Waals surface area contributed by atoms with Crippen LogP contribution in [0.15, 0.2) is 42.5 Å². The Hall–Kier alpha value is -2.00. The molecule has 0 N–H and O–H groups in total. The molecule has 1 fully saturated rings. The quantitative estimate of drug-likeness (QED) is 0.543. The molecule has 0 spiro atoms. The lowest BCUT2D eigenvalue weighted by atomic mass is 9.98. The number of halogens is 1. The number of rotatable bonds is 5. The number of piperidine rings is 1. The van der Waals surface area contributed by atoms with E-state index in [0.29, 0.717) is 36.1 Å². The van der Waals surface area contributed by atoms with E-state index < -0.39 is 15.9 Å². The van der Waals surface area contributed by atoms with E-state index in [1.165, 1.54) is 21.9 Å². The molecule has 1 unspecified atom stereocenters. The Balaban J connectivity index is 1.71. The van der Waals surface area contributed by atoms with E-state index in [1.807, 2.05) is 49.4 Å². The minimum absolute atomic E-state index is 0.0972. The predicted octanol–water partition coefficient (Wildman–Crippen LogP) is 4.46. The van der Waals surface area contributed by atoms with Crippen LogP contribution in [0.1, 0.15) is 24.0 Å². The van der Waals surface area contributed by atoms with Crippen molar-refractivity contribution in [2.24, 2.45) is 5.92 Å². The fourth-order valence-corrected chi connectivity index (χ4v) is 5.97. The monoisotopic (exact) mass is 477 g/mol. The van der Waals surface area contributed by atoms with Gasteiger partial charge in [0.1, 0.15) is 0 Å². The van der Waals surface area contributed by atoms with Gasteiger partial charge in [0.05, 0.1) is 28.9 Å². The minimum Gasteiger partial charge on any atom is -0.283 e. The summed E-state index contributed by atoms with van der Waals surface area (Å²) in [6, 6.07) is 13.5. The van der Waals surface area contributed by atoms with Gasteiger partial charge in [-0.15, -0.1) is 0 Å². The average Bonchev–Trinajstić information content (AvgIpc) is 3.19. The van der Waals surface area contributed by atoms with E-state index in [-0.39, 0.29) is 12.5 Å². The molecule has 2 heterocycles. The van der Waals surface area contributed by atoms with E-state index in [2.05, 4.69) is 0 Å². The van der Waals surface area contributed by atoms with Crippen molar-refractivity contribution in [3.8, 4) is 0 Å². The van der Waals surface area contributed by atoms with Gasteiger partial charge in [0.2, 0.25) is 15.9 Å². The molecule has 1 aromatic heterocycles. The highest BCUT2D eigenvalue weighted by Gasteiger charge is 2.34. The van der Waals surface area contributed by atoms with Crippen LogP contribution in [-0.4, -0.2) is 43.0 Å². The number of hydrogen-bond acceptors (Lipinski definition) is 5. The number of fused-ring (bicyclic) bond motifs is 1. The Labute approximate surface area is 191 Å². The number of carbonyl (C=O) groups excluding carboxylic acids is 1. The molecule has 164 valence electrons. The van der Waals surface area contributed by atoms with Crippen LogP contribution < -0.4 is 4.90 Å². The van der Waals surface area contributed by atoms with Crippen molar-refractivity contribution >= 4 is 54.2 Å². The van der Waals surface area contributed by atoms with Crippen molar-refractivity contribution in [1.82, 2.24) is 9.29 Å². The average molecular weight is 478 g/mol. The highest BCUT2D eigenvalue weighted by Crippen LogP contribution is 2.35. The number of anilines is 1. The topological polar surface area (TPSA) is 70.6 Å².